The van der Waals surface area contributed by atoms with Crippen LogP contribution in [0.1, 0.15) is 58.3 Å². The summed E-state index contributed by atoms with van der Waals surface area (Å²) in [6.07, 6.45) is 9.95. The highest BCUT2D eigenvalue weighted by Crippen LogP contribution is 2.64. The van der Waals surface area contributed by atoms with E-state index in [4.69, 9.17) is 11.6 Å². The molecule has 124 valence electrons. The molecule has 3 fully saturated rings. The average Bonchev–Trinajstić information content (AvgIpc) is 2.79. The minimum atomic E-state index is -0.914. The van der Waals surface area contributed by atoms with Crippen LogP contribution in [0.15, 0.2) is 11.6 Å². The van der Waals surface area contributed by atoms with Crippen molar-refractivity contribution < 1.29 is 9.90 Å². The Labute approximate surface area is 143 Å². The zero-order valence-electron chi connectivity index (χ0n) is 13.8. The summed E-state index contributed by atoms with van der Waals surface area (Å²) in [7, 11) is 0. The third kappa shape index (κ3) is 2.16. The number of rotatable bonds is 0. The van der Waals surface area contributed by atoms with Gasteiger partial charge >= 0.3 is 0 Å². The van der Waals surface area contributed by atoms with E-state index in [1.807, 2.05) is 6.08 Å². The minimum Gasteiger partial charge on any atom is -0.377 e. The second-order valence-corrected chi connectivity index (χ2v) is 8.57. The molecule has 0 amide bonds. The maximum Gasteiger partial charge on any atom is 0.155 e. The Bertz CT molecular complexity index is 627. The number of carbonyl (C=O) groups excluding carboxylic acids is 1. The van der Waals surface area contributed by atoms with Crippen LogP contribution in [0.4, 0.5) is 0 Å². The fraction of sp³-hybridized carbons (Fsp3) is 0.750. The molecule has 0 spiro atoms. The molecule has 0 aromatic heterocycles. The zero-order valence-corrected chi connectivity index (χ0v) is 14.5. The Balaban J connectivity index is 1.65. The van der Waals surface area contributed by atoms with Crippen molar-refractivity contribution in [2.45, 2.75) is 63.9 Å². The van der Waals surface area contributed by atoms with Crippen molar-refractivity contribution in [1.29, 1.82) is 0 Å². The molecule has 6 atom stereocenters. The molecule has 3 saturated carbocycles. The molecule has 0 aromatic carbocycles. The quantitative estimate of drug-likeness (QED) is 0.679. The fourth-order valence-electron chi connectivity index (χ4n) is 6.48. The van der Waals surface area contributed by atoms with Crippen LogP contribution >= 0.6 is 11.6 Å². The van der Waals surface area contributed by atoms with Crippen molar-refractivity contribution in [3.63, 3.8) is 0 Å². The number of hydrogen-bond acceptors (Lipinski definition) is 2. The molecule has 0 heterocycles. The summed E-state index contributed by atoms with van der Waals surface area (Å²) in [5.41, 5.74) is 0.380. The largest absolute Gasteiger partial charge is 0.377 e. The summed E-state index contributed by atoms with van der Waals surface area (Å²) in [5, 5.41) is 13.5. The lowest BCUT2D eigenvalue weighted by Crippen LogP contribution is -2.52. The highest BCUT2D eigenvalue weighted by atomic mass is 35.5. The standard InChI is InChI=1S/C20H25ClO2/c1-19-8-6-16-15-5-3-14(22)12-13(15)2-4-17(16)18(19)7-9-20(19,23)10-11-21/h12,15-18,23H,2-9H2,1H3/t15-,16+,17+,18-,19-,20?/m0/s1. The summed E-state index contributed by atoms with van der Waals surface area (Å²) in [6, 6.07) is 0. The first kappa shape index (κ1) is 15.7. The van der Waals surface area contributed by atoms with Crippen molar-refractivity contribution in [2.24, 2.45) is 29.1 Å². The summed E-state index contributed by atoms with van der Waals surface area (Å²) in [6.45, 7) is 2.23. The fourth-order valence-corrected chi connectivity index (χ4v) is 6.64. The summed E-state index contributed by atoms with van der Waals surface area (Å²) < 4.78 is 0. The normalized spacial score (nSPS) is 48.5. The first-order valence-corrected chi connectivity index (χ1v) is 9.45. The van der Waals surface area contributed by atoms with E-state index in [9.17, 15) is 9.90 Å². The molecule has 3 heteroatoms. The molecule has 1 unspecified atom stereocenters. The summed E-state index contributed by atoms with van der Waals surface area (Å²) >= 11 is 5.65. The van der Waals surface area contributed by atoms with Gasteiger partial charge in [0.15, 0.2) is 5.78 Å². The number of allylic oxidation sites excluding steroid dienone is 1. The third-order valence-electron chi connectivity index (χ3n) is 7.71. The number of aliphatic hydroxyl groups is 1. The molecule has 4 aliphatic rings. The van der Waals surface area contributed by atoms with Gasteiger partial charge in [0.25, 0.3) is 0 Å². The van der Waals surface area contributed by atoms with E-state index < -0.39 is 5.60 Å². The lowest BCUT2D eigenvalue weighted by Gasteiger charge is -2.54. The van der Waals surface area contributed by atoms with Gasteiger partial charge in [-0.1, -0.05) is 18.4 Å². The topological polar surface area (TPSA) is 37.3 Å². The number of halogens is 1. The van der Waals surface area contributed by atoms with E-state index in [1.165, 1.54) is 12.0 Å². The van der Waals surface area contributed by atoms with Crippen LogP contribution < -0.4 is 0 Å². The van der Waals surface area contributed by atoms with Crippen LogP contribution in [0.5, 0.6) is 0 Å². The molecule has 1 N–H and O–H groups in total. The maximum atomic E-state index is 11.7. The van der Waals surface area contributed by atoms with Gasteiger partial charge in [-0.25, -0.2) is 0 Å². The van der Waals surface area contributed by atoms with Crippen LogP contribution in [-0.2, 0) is 4.79 Å². The zero-order chi connectivity index (χ0) is 16.2. The van der Waals surface area contributed by atoms with Gasteiger partial charge in [0.05, 0.1) is 0 Å². The van der Waals surface area contributed by atoms with Crippen molar-refractivity contribution in [3.05, 3.63) is 11.6 Å². The Morgan fingerprint density at radius 3 is 2.78 bits per heavy atom. The molecular formula is C20H25ClO2. The molecule has 4 rings (SSSR count). The highest BCUT2D eigenvalue weighted by Gasteiger charge is 2.62. The Kier molecular flexibility index (Phi) is 3.67. The minimum absolute atomic E-state index is 0.123. The van der Waals surface area contributed by atoms with Gasteiger partial charge in [0.2, 0.25) is 0 Å². The molecule has 23 heavy (non-hydrogen) atoms. The van der Waals surface area contributed by atoms with Crippen molar-refractivity contribution in [3.8, 4) is 11.3 Å². The molecule has 0 bridgehead atoms. The Morgan fingerprint density at radius 2 is 2.00 bits per heavy atom. The molecule has 0 aliphatic heterocycles. The highest BCUT2D eigenvalue weighted by molar-refractivity contribution is 6.30. The van der Waals surface area contributed by atoms with Crippen LogP contribution in [0, 0.1) is 40.4 Å². The maximum absolute atomic E-state index is 11.7. The summed E-state index contributed by atoms with van der Waals surface area (Å²) in [5.74, 6) is 5.79. The van der Waals surface area contributed by atoms with E-state index in [1.54, 1.807) is 0 Å². The second kappa shape index (κ2) is 5.36. The number of fused-ring (bicyclic) bond motifs is 5. The van der Waals surface area contributed by atoms with Gasteiger partial charge in [-0.05, 0) is 86.3 Å². The van der Waals surface area contributed by atoms with E-state index >= 15 is 0 Å². The monoisotopic (exact) mass is 332 g/mol. The predicted molar refractivity (Wildman–Crippen MR) is 90.7 cm³/mol. The van der Waals surface area contributed by atoms with Gasteiger partial charge in [-0.3, -0.25) is 4.79 Å². The lowest BCUT2D eigenvalue weighted by atomic mass is 9.50. The van der Waals surface area contributed by atoms with Crippen molar-refractivity contribution in [1.82, 2.24) is 0 Å². The third-order valence-corrected chi connectivity index (χ3v) is 7.80. The van der Waals surface area contributed by atoms with Gasteiger partial charge in [0, 0.05) is 17.2 Å². The Morgan fingerprint density at radius 1 is 1.17 bits per heavy atom. The van der Waals surface area contributed by atoms with E-state index in [-0.39, 0.29) is 5.41 Å². The Hall–Kier alpha value is -0.780. The smallest absolute Gasteiger partial charge is 0.155 e. The molecular weight excluding hydrogens is 308 g/mol. The van der Waals surface area contributed by atoms with Gasteiger partial charge in [-0.2, -0.15) is 0 Å². The molecule has 0 radical (unpaired) electrons. The van der Waals surface area contributed by atoms with Crippen LogP contribution in [0.3, 0.4) is 0 Å². The van der Waals surface area contributed by atoms with E-state index in [2.05, 4.69) is 18.2 Å². The molecule has 0 saturated heterocycles. The van der Waals surface area contributed by atoms with Crippen molar-refractivity contribution in [2.75, 3.05) is 0 Å². The number of hydrogen-bond donors (Lipinski definition) is 1. The predicted octanol–water partition coefficient (Wildman–Crippen LogP) is 4.06. The van der Waals surface area contributed by atoms with Gasteiger partial charge in [-0.15, -0.1) is 0 Å². The summed E-state index contributed by atoms with van der Waals surface area (Å²) in [4.78, 5) is 11.7. The molecule has 2 nitrogen and oxygen atoms in total. The average molecular weight is 333 g/mol. The molecule has 0 aromatic rings. The number of ketones is 1. The SMILES string of the molecule is C[C@]12CC[C@H]3[C@@H](CCC4=CC(=O)CC[C@@H]43)[C@@H]1CCC2(O)C#CCl. The van der Waals surface area contributed by atoms with E-state index in [0.717, 1.165) is 44.9 Å². The van der Waals surface area contributed by atoms with Crippen LogP contribution in [0.2, 0.25) is 0 Å². The second-order valence-electron chi connectivity index (χ2n) is 8.38. The van der Waals surface area contributed by atoms with Crippen LogP contribution in [-0.4, -0.2) is 16.5 Å². The number of carbonyl (C=O) groups is 1. The lowest BCUT2D eigenvalue weighted by molar-refractivity contribution is -0.116. The first-order valence-electron chi connectivity index (χ1n) is 9.07. The van der Waals surface area contributed by atoms with E-state index in [0.29, 0.717) is 29.5 Å². The first-order chi connectivity index (χ1) is 11.0. The van der Waals surface area contributed by atoms with Gasteiger partial charge in [0.1, 0.15) is 5.60 Å². The molecule has 4 aliphatic carbocycles. The van der Waals surface area contributed by atoms with Crippen molar-refractivity contribution >= 4 is 17.4 Å². The van der Waals surface area contributed by atoms with Crippen LogP contribution in [0.25, 0.3) is 0 Å². The van der Waals surface area contributed by atoms with Gasteiger partial charge < -0.3 is 5.11 Å².